The fourth-order valence-corrected chi connectivity index (χ4v) is 4.70. The summed E-state index contributed by atoms with van der Waals surface area (Å²) in [4.78, 5) is 4.79. The van der Waals surface area contributed by atoms with E-state index in [0.29, 0.717) is 0 Å². The molecule has 1 aromatic carbocycles. The maximum atomic E-state index is 6.62. The molecule has 0 saturated heterocycles. The number of ether oxygens (including phenoxy) is 1. The van der Waals surface area contributed by atoms with Crippen LogP contribution in [0.5, 0.6) is 5.88 Å². The van der Waals surface area contributed by atoms with Crippen molar-refractivity contribution in [2.75, 3.05) is 0 Å². The molecule has 0 aliphatic heterocycles. The normalized spacial score (nSPS) is 18.0. The zero-order valence-electron chi connectivity index (χ0n) is 16.2. The number of hydrogen-bond donors (Lipinski definition) is 0. The average molecular weight is 396 g/mol. The number of hydrogen-bond acceptors (Lipinski definition) is 3. The number of rotatable bonds is 3. The molecule has 1 fully saturated rings. The second-order valence-electron chi connectivity index (χ2n) is 8.08. The van der Waals surface area contributed by atoms with Gasteiger partial charge in [0, 0.05) is 22.5 Å². The molecule has 2 aliphatic carbocycles. The van der Waals surface area contributed by atoms with Gasteiger partial charge in [0.2, 0.25) is 5.88 Å². The van der Waals surface area contributed by atoms with Gasteiger partial charge in [-0.25, -0.2) is 0 Å². The quantitative estimate of drug-likeness (QED) is 0.506. The monoisotopic (exact) mass is 395 g/mol. The van der Waals surface area contributed by atoms with E-state index in [-0.39, 0.29) is 6.10 Å². The number of pyridine rings is 1. The molecule has 1 saturated carbocycles. The topological polar surface area (TPSA) is 39.9 Å². The first-order chi connectivity index (χ1) is 13.8. The van der Waals surface area contributed by atoms with Gasteiger partial charge in [-0.1, -0.05) is 24.4 Å². The minimum Gasteiger partial charge on any atom is -0.474 e. The Morgan fingerprint density at radius 1 is 0.929 bits per heavy atom. The van der Waals surface area contributed by atoms with Gasteiger partial charge >= 0.3 is 0 Å². The molecule has 0 amide bonds. The largest absolute Gasteiger partial charge is 0.474 e. The summed E-state index contributed by atoms with van der Waals surface area (Å²) in [6.45, 7) is 0. The average Bonchev–Trinajstić information content (AvgIpc) is 2.90. The van der Waals surface area contributed by atoms with Crippen LogP contribution in [0.1, 0.15) is 62.6 Å². The lowest BCUT2D eigenvalue weighted by Crippen LogP contribution is -2.17. The van der Waals surface area contributed by atoms with Crippen LogP contribution in [0.3, 0.4) is 0 Å². The van der Waals surface area contributed by atoms with Crippen molar-refractivity contribution in [3.05, 3.63) is 46.7 Å². The Kier molecular flexibility index (Phi) is 4.98. The van der Waals surface area contributed by atoms with Crippen molar-refractivity contribution in [1.82, 2.24) is 14.8 Å². The molecule has 0 N–H and O–H groups in total. The number of benzene rings is 1. The Bertz CT molecular complexity index is 972. The molecule has 0 unspecified atom stereocenters. The van der Waals surface area contributed by atoms with Crippen molar-refractivity contribution in [1.29, 1.82) is 0 Å². The Labute approximate surface area is 170 Å². The summed E-state index contributed by atoms with van der Waals surface area (Å²) in [5, 5.41) is 6.79. The summed E-state index contributed by atoms with van der Waals surface area (Å²) >= 11 is 6.12. The SMILES string of the molecule is Clc1ccc(-n2nc3c4c(ncc3c2OC2CCCCCC2)CCCC4)cc1. The lowest BCUT2D eigenvalue weighted by Gasteiger charge is -2.18. The van der Waals surface area contributed by atoms with Gasteiger partial charge in [0.25, 0.3) is 0 Å². The van der Waals surface area contributed by atoms with Crippen molar-refractivity contribution in [2.45, 2.75) is 70.3 Å². The fraction of sp³-hybridized carbons (Fsp3) is 0.478. The molecule has 2 aliphatic rings. The van der Waals surface area contributed by atoms with Gasteiger partial charge in [-0.05, 0) is 75.6 Å². The van der Waals surface area contributed by atoms with E-state index in [9.17, 15) is 0 Å². The number of nitrogens with zero attached hydrogens (tertiary/aromatic N) is 3. The van der Waals surface area contributed by atoms with Crippen molar-refractivity contribution in [2.24, 2.45) is 0 Å². The summed E-state index contributed by atoms with van der Waals surface area (Å²) in [5.74, 6) is 0.838. The van der Waals surface area contributed by atoms with Crippen LogP contribution >= 0.6 is 11.6 Å². The minimum absolute atomic E-state index is 0.254. The molecule has 5 heteroatoms. The molecule has 146 valence electrons. The Hall–Kier alpha value is -2.07. The van der Waals surface area contributed by atoms with E-state index in [1.54, 1.807) is 0 Å². The molecule has 2 aromatic heterocycles. The molecule has 4 nitrogen and oxygen atoms in total. The maximum Gasteiger partial charge on any atom is 0.226 e. The highest BCUT2D eigenvalue weighted by molar-refractivity contribution is 6.30. The van der Waals surface area contributed by atoms with Gasteiger partial charge in [-0.15, -0.1) is 0 Å². The number of aromatic nitrogens is 3. The summed E-state index contributed by atoms with van der Waals surface area (Å²) in [5.41, 5.74) is 4.56. The van der Waals surface area contributed by atoms with E-state index in [2.05, 4.69) is 0 Å². The Morgan fingerprint density at radius 3 is 2.46 bits per heavy atom. The first-order valence-corrected chi connectivity index (χ1v) is 11.0. The minimum atomic E-state index is 0.254. The van der Waals surface area contributed by atoms with Crippen LogP contribution in [0.2, 0.25) is 5.02 Å². The number of fused-ring (bicyclic) bond motifs is 3. The summed E-state index contributed by atoms with van der Waals surface area (Å²) in [6.07, 6.45) is 14.1. The van der Waals surface area contributed by atoms with Crippen LogP contribution in [0.4, 0.5) is 0 Å². The highest BCUT2D eigenvalue weighted by Gasteiger charge is 2.24. The summed E-state index contributed by atoms with van der Waals surface area (Å²) in [6, 6.07) is 7.83. The number of aryl methyl sites for hydroxylation is 2. The summed E-state index contributed by atoms with van der Waals surface area (Å²) in [7, 11) is 0. The first-order valence-electron chi connectivity index (χ1n) is 10.6. The van der Waals surface area contributed by atoms with Crippen molar-refractivity contribution in [3.63, 3.8) is 0 Å². The van der Waals surface area contributed by atoms with Crippen LogP contribution in [0.25, 0.3) is 16.6 Å². The summed E-state index contributed by atoms with van der Waals surface area (Å²) < 4.78 is 8.58. The molecule has 0 spiro atoms. The predicted molar refractivity (Wildman–Crippen MR) is 113 cm³/mol. The van der Waals surface area contributed by atoms with Crippen molar-refractivity contribution < 1.29 is 4.74 Å². The van der Waals surface area contributed by atoms with Gasteiger partial charge in [0.05, 0.1) is 11.1 Å². The molecule has 28 heavy (non-hydrogen) atoms. The van der Waals surface area contributed by atoms with Crippen LogP contribution in [-0.4, -0.2) is 20.9 Å². The highest BCUT2D eigenvalue weighted by Crippen LogP contribution is 2.35. The Balaban J connectivity index is 1.63. The van der Waals surface area contributed by atoms with Crippen LogP contribution in [-0.2, 0) is 12.8 Å². The van der Waals surface area contributed by atoms with Crippen molar-refractivity contribution in [3.8, 4) is 11.6 Å². The zero-order chi connectivity index (χ0) is 18.9. The molecular weight excluding hydrogens is 370 g/mol. The van der Waals surface area contributed by atoms with Crippen LogP contribution in [0.15, 0.2) is 30.5 Å². The van der Waals surface area contributed by atoms with E-state index < -0.39 is 0 Å². The molecule has 3 aromatic rings. The second-order valence-corrected chi connectivity index (χ2v) is 8.51. The standard InChI is InChI=1S/C23H26ClN3O/c24-16-11-13-17(14-12-16)27-23(28-18-7-3-1-2-4-8-18)20-15-25-21-10-6-5-9-19(21)22(20)26-27/h11-15,18H,1-10H2. The molecule has 5 rings (SSSR count). The molecule has 2 heterocycles. The highest BCUT2D eigenvalue weighted by atomic mass is 35.5. The predicted octanol–water partition coefficient (Wildman–Crippen LogP) is 6.05. The second kappa shape index (κ2) is 7.75. The van der Waals surface area contributed by atoms with Crippen LogP contribution < -0.4 is 4.74 Å². The third kappa shape index (κ3) is 3.39. The first kappa shape index (κ1) is 18.0. The molecule has 0 atom stereocenters. The van der Waals surface area contributed by atoms with Gasteiger partial charge in [-0.3, -0.25) is 4.98 Å². The fourth-order valence-electron chi connectivity index (χ4n) is 4.57. The van der Waals surface area contributed by atoms with Gasteiger partial charge in [-0.2, -0.15) is 9.78 Å². The molecule has 0 bridgehead atoms. The van der Waals surface area contributed by atoms with Gasteiger partial charge < -0.3 is 4.74 Å². The van der Waals surface area contributed by atoms with Gasteiger partial charge in [0.1, 0.15) is 11.6 Å². The lowest BCUT2D eigenvalue weighted by atomic mass is 9.95. The van der Waals surface area contributed by atoms with E-state index >= 15 is 0 Å². The number of halogens is 1. The lowest BCUT2D eigenvalue weighted by molar-refractivity contribution is 0.173. The van der Waals surface area contributed by atoms with E-state index in [4.69, 9.17) is 26.4 Å². The van der Waals surface area contributed by atoms with E-state index in [0.717, 1.165) is 53.2 Å². The maximum absolute atomic E-state index is 6.62. The smallest absolute Gasteiger partial charge is 0.226 e. The van der Waals surface area contributed by atoms with E-state index in [1.165, 1.54) is 49.8 Å². The van der Waals surface area contributed by atoms with Crippen molar-refractivity contribution >= 4 is 22.5 Å². The zero-order valence-corrected chi connectivity index (χ0v) is 16.9. The van der Waals surface area contributed by atoms with E-state index in [1.807, 2.05) is 35.1 Å². The van der Waals surface area contributed by atoms with Gasteiger partial charge in [0.15, 0.2) is 0 Å². The Morgan fingerprint density at radius 2 is 1.68 bits per heavy atom. The molecular formula is C23H26ClN3O. The third-order valence-electron chi connectivity index (χ3n) is 6.10. The molecule has 0 radical (unpaired) electrons. The third-order valence-corrected chi connectivity index (χ3v) is 6.36. The van der Waals surface area contributed by atoms with Crippen LogP contribution in [0, 0.1) is 0 Å².